The molecule has 1 aliphatic rings. The van der Waals surface area contributed by atoms with E-state index in [-0.39, 0.29) is 10.4 Å². The molecule has 3 aromatic rings. The Morgan fingerprint density at radius 1 is 1.35 bits per heavy atom. The molecule has 26 heavy (non-hydrogen) atoms. The van der Waals surface area contributed by atoms with Crippen molar-refractivity contribution in [2.45, 2.75) is 19.8 Å². The largest absolute Gasteiger partial charge is 0.355 e. The first-order chi connectivity index (χ1) is 12.5. The fourth-order valence-corrected chi connectivity index (χ4v) is 3.47. The lowest BCUT2D eigenvalue weighted by molar-refractivity contribution is 0.258. The lowest BCUT2D eigenvalue weighted by Gasteiger charge is -2.39. The minimum absolute atomic E-state index is 0.0551. The van der Waals surface area contributed by atoms with E-state index >= 15 is 0 Å². The highest BCUT2D eigenvalue weighted by molar-refractivity contribution is 6.31. The average molecular weight is 375 g/mol. The van der Waals surface area contributed by atoms with E-state index in [1.807, 2.05) is 0 Å². The van der Waals surface area contributed by atoms with Gasteiger partial charge >= 0.3 is 0 Å². The summed E-state index contributed by atoms with van der Waals surface area (Å²) in [6.45, 7) is 4.69. The molecule has 0 spiro atoms. The van der Waals surface area contributed by atoms with Gasteiger partial charge in [-0.2, -0.15) is 5.10 Å². The van der Waals surface area contributed by atoms with Crippen molar-refractivity contribution in [1.29, 1.82) is 0 Å². The van der Waals surface area contributed by atoms with Crippen molar-refractivity contribution in [3.8, 4) is 11.3 Å². The van der Waals surface area contributed by atoms with Crippen LogP contribution in [0.15, 0.2) is 24.4 Å². The van der Waals surface area contributed by atoms with Crippen LogP contribution in [0.3, 0.4) is 0 Å². The van der Waals surface area contributed by atoms with Gasteiger partial charge in [-0.3, -0.25) is 5.10 Å². The first-order valence-corrected chi connectivity index (χ1v) is 8.99. The van der Waals surface area contributed by atoms with Crippen LogP contribution in [0.5, 0.6) is 0 Å². The Labute approximate surface area is 155 Å². The fraction of sp³-hybridized carbons (Fsp3) is 0.389. The van der Waals surface area contributed by atoms with Gasteiger partial charge < -0.3 is 10.6 Å². The highest BCUT2D eigenvalue weighted by Crippen LogP contribution is 2.33. The zero-order valence-electron chi connectivity index (χ0n) is 14.5. The van der Waals surface area contributed by atoms with Crippen LogP contribution in [0.2, 0.25) is 5.02 Å². The maximum absolute atomic E-state index is 14.3. The summed E-state index contributed by atoms with van der Waals surface area (Å²) in [5, 5.41) is 7.12. The number of nitrogens with two attached hydrogens (primary N) is 1. The zero-order valence-corrected chi connectivity index (χ0v) is 15.2. The number of H-pyrrole nitrogens is 1. The number of nitrogens with one attached hydrogen (secondary N) is 1. The fourth-order valence-electron chi connectivity index (χ4n) is 3.30. The third-order valence-corrected chi connectivity index (χ3v) is 5.54. The predicted octanol–water partition coefficient (Wildman–Crippen LogP) is 3.38. The predicted molar refractivity (Wildman–Crippen MR) is 101 cm³/mol. The highest BCUT2D eigenvalue weighted by Gasteiger charge is 2.29. The van der Waals surface area contributed by atoms with Gasteiger partial charge in [-0.15, -0.1) is 0 Å². The van der Waals surface area contributed by atoms with Crippen LogP contribution >= 0.6 is 11.6 Å². The molecule has 0 unspecified atom stereocenters. The maximum Gasteiger partial charge on any atom is 0.177 e. The summed E-state index contributed by atoms with van der Waals surface area (Å²) >= 11 is 5.88. The molecular weight excluding hydrogens is 355 g/mol. The summed E-state index contributed by atoms with van der Waals surface area (Å²) in [6.07, 6.45) is 3.76. The van der Waals surface area contributed by atoms with Crippen molar-refractivity contribution < 1.29 is 4.39 Å². The number of hydrogen-bond acceptors (Lipinski definition) is 5. The van der Waals surface area contributed by atoms with Gasteiger partial charge in [-0.05, 0) is 36.9 Å². The first kappa shape index (κ1) is 17.2. The average Bonchev–Trinajstić information content (AvgIpc) is 3.07. The number of nitrogens with zero attached hydrogens (tertiary/aromatic N) is 4. The molecule has 0 aliphatic carbocycles. The van der Waals surface area contributed by atoms with Crippen LogP contribution in [-0.4, -0.2) is 39.8 Å². The smallest absolute Gasteiger partial charge is 0.177 e. The van der Waals surface area contributed by atoms with Crippen LogP contribution < -0.4 is 10.6 Å². The van der Waals surface area contributed by atoms with Gasteiger partial charge in [0, 0.05) is 18.7 Å². The van der Waals surface area contributed by atoms with Crippen molar-refractivity contribution in [1.82, 2.24) is 20.2 Å². The van der Waals surface area contributed by atoms with E-state index in [2.05, 4.69) is 32.0 Å². The summed E-state index contributed by atoms with van der Waals surface area (Å²) in [7, 11) is 0. The molecule has 8 heteroatoms. The van der Waals surface area contributed by atoms with Gasteiger partial charge in [0.05, 0.1) is 11.2 Å². The van der Waals surface area contributed by atoms with E-state index in [0.29, 0.717) is 29.0 Å². The molecule has 1 fully saturated rings. The van der Waals surface area contributed by atoms with E-state index in [0.717, 1.165) is 31.7 Å². The lowest BCUT2D eigenvalue weighted by Crippen LogP contribution is -2.42. The van der Waals surface area contributed by atoms with Crippen LogP contribution in [-0.2, 0) is 0 Å². The molecule has 1 saturated heterocycles. The highest BCUT2D eigenvalue weighted by atomic mass is 35.5. The number of fused-ring (bicyclic) bond motifs is 1. The molecule has 6 nitrogen and oxygen atoms in total. The monoisotopic (exact) mass is 374 g/mol. The Kier molecular flexibility index (Phi) is 4.28. The van der Waals surface area contributed by atoms with Gasteiger partial charge in [-0.1, -0.05) is 24.6 Å². The molecule has 0 amide bonds. The molecule has 0 atom stereocenters. The normalized spacial score (nSPS) is 17.0. The van der Waals surface area contributed by atoms with Gasteiger partial charge in [-0.25, -0.2) is 14.4 Å². The second kappa shape index (κ2) is 6.48. The van der Waals surface area contributed by atoms with Crippen molar-refractivity contribution >= 4 is 28.6 Å². The summed E-state index contributed by atoms with van der Waals surface area (Å²) in [5.74, 6) is 0.281. The molecule has 0 radical (unpaired) electrons. The summed E-state index contributed by atoms with van der Waals surface area (Å²) < 4.78 is 14.3. The Bertz CT molecular complexity index is 948. The Balaban J connectivity index is 1.65. The summed E-state index contributed by atoms with van der Waals surface area (Å²) in [6, 6.07) is 4.82. The number of anilines is 1. The van der Waals surface area contributed by atoms with E-state index in [9.17, 15) is 4.39 Å². The lowest BCUT2D eigenvalue weighted by atomic mass is 9.80. The number of benzene rings is 1. The van der Waals surface area contributed by atoms with Crippen LogP contribution in [0.4, 0.5) is 10.2 Å². The SMILES string of the molecule is CC1(CN)CCN(c2cnc3c(-c4cccc(Cl)c4F)n[nH]c3n2)CC1. The summed E-state index contributed by atoms with van der Waals surface area (Å²) in [5.41, 5.74) is 7.85. The number of aromatic nitrogens is 4. The quantitative estimate of drug-likeness (QED) is 0.734. The van der Waals surface area contributed by atoms with Gasteiger partial charge in [0.2, 0.25) is 0 Å². The molecule has 136 valence electrons. The number of piperidine rings is 1. The standard InChI is InChI=1S/C18H20ClFN6/c1-18(10-21)5-7-26(8-6-18)13-9-22-16-15(24-25-17(16)23-13)11-3-2-4-12(19)14(11)20/h2-4,9H,5-8,10,21H2,1H3,(H,23,24,25). The van der Waals surface area contributed by atoms with Crippen molar-refractivity contribution in [3.63, 3.8) is 0 Å². The molecule has 0 saturated carbocycles. The Morgan fingerprint density at radius 2 is 2.12 bits per heavy atom. The van der Waals surface area contributed by atoms with Gasteiger partial charge in [0.25, 0.3) is 0 Å². The van der Waals surface area contributed by atoms with Crippen molar-refractivity contribution in [2.75, 3.05) is 24.5 Å². The molecule has 3 heterocycles. The molecule has 3 N–H and O–H groups in total. The molecular formula is C18H20ClFN6. The summed E-state index contributed by atoms with van der Waals surface area (Å²) in [4.78, 5) is 11.3. The van der Waals surface area contributed by atoms with E-state index in [1.165, 1.54) is 6.07 Å². The van der Waals surface area contributed by atoms with Crippen molar-refractivity contribution in [3.05, 3.63) is 35.2 Å². The molecule has 1 aromatic carbocycles. The zero-order chi connectivity index (χ0) is 18.3. The molecule has 0 bridgehead atoms. The Hall–Kier alpha value is -2.25. The third-order valence-electron chi connectivity index (χ3n) is 5.25. The Morgan fingerprint density at radius 3 is 2.85 bits per heavy atom. The second-order valence-corrected chi connectivity index (χ2v) is 7.51. The van der Waals surface area contributed by atoms with E-state index in [4.69, 9.17) is 17.3 Å². The van der Waals surface area contributed by atoms with E-state index in [1.54, 1.807) is 18.3 Å². The minimum Gasteiger partial charge on any atom is -0.355 e. The third kappa shape index (κ3) is 2.91. The molecule has 4 rings (SSSR count). The first-order valence-electron chi connectivity index (χ1n) is 8.61. The number of halogens is 2. The topological polar surface area (TPSA) is 83.7 Å². The van der Waals surface area contributed by atoms with E-state index < -0.39 is 5.82 Å². The minimum atomic E-state index is -0.509. The van der Waals surface area contributed by atoms with Crippen LogP contribution in [0.1, 0.15) is 19.8 Å². The van der Waals surface area contributed by atoms with Gasteiger partial charge in [0.1, 0.15) is 17.0 Å². The number of hydrogen-bond donors (Lipinski definition) is 2. The second-order valence-electron chi connectivity index (χ2n) is 7.10. The maximum atomic E-state index is 14.3. The van der Waals surface area contributed by atoms with Crippen molar-refractivity contribution in [2.24, 2.45) is 11.1 Å². The van der Waals surface area contributed by atoms with Crippen LogP contribution in [0.25, 0.3) is 22.4 Å². The van der Waals surface area contributed by atoms with Crippen LogP contribution in [0, 0.1) is 11.2 Å². The van der Waals surface area contributed by atoms with Gasteiger partial charge in [0.15, 0.2) is 11.5 Å². The number of rotatable bonds is 3. The molecule has 1 aliphatic heterocycles. The molecule has 2 aromatic heterocycles. The number of aromatic amines is 1.